The molecule has 234 valence electrons. The molecule has 0 spiro atoms. The maximum atomic E-state index is 6.91. The molecule has 0 radical (unpaired) electrons. The monoisotopic (exact) mass is 614 g/mol. The molecule has 3 unspecified atom stereocenters. The van der Waals surface area contributed by atoms with Crippen molar-refractivity contribution in [3.8, 4) is 17.2 Å². The fourth-order valence-corrected chi connectivity index (χ4v) is 10.8. The van der Waals surface area contributed by atoms with E-state index in [1.165, 1.54) is 101 Å². The lowest BCUT2D eigenvalue weighted by atomic mass is 9.33. The summed E-state index contributed by atoms with van der Waals surface area (Å²) in [6.07, 6.45) is 16.5. The van der Waals surface area contributed by atoms with Gasteiger partial charge in [-0.3, -0.25) is 0 Å². The fraction of sp³-hybridized carbons (Fsp3) is 0.349. The first-order chi connectivity index (χ1) is 23.2. The molecule has 1 aromatic heterocycles. The second kappa shape index (κ2) is 10.4. The number of aromatic nitrogens is 1. The number of hydrogen-bond donors (Lipinski definition) is 0. The Kier molecular flexibility index (Phi) is 6.18. The van der Waals surface area contributed by atoms with Gasteiger partial charge in [-0.1, -0.05) is 99.7 Å². The normalized spacial score (nSPS) is 23.8. The molecule has 5 aromatic rings. The number of fused-ring (bicyclic) bond motifs is 8. The first-order valence-electron chi connectivity index (χ1n) is 18.3. The molecule has 3 atom stereocenters. The van der Waals surface area contributed by atoms with Crippen LogP contribution in [-0.2, 0) is 11.8 Å². The van der Waals surface area contributed by atoms with Crippen LogP contribution in [0.2, 0.25) is 0 Å². The van der Waals surface area contributed by atoms with Gasteiger partial charge in [-0.2, -0.15) is 0 Å². The Bertz CT molecular complexity index is 2100. The summed E-state index contributed by atoms with van der Waals surface area (Å²) in [6, 6.07) is 30.0. The summed E-state index contributed by atoms with van der Waals surface area (Å²) in [7, 11) is 0. The van der Waals surface area contributed by atoms with Gasteiger partial charge in [0, 0.05) is 46.3 Å². The van der Waals surface area contributed by atoms with E-state index in [4.69, 9.17) is 4.74 Å². The van der Waals surface area contributed by atoms with E-state index in [1.807, 2.05) is 0 Å². The van der Waals surface area contributed by atoms with Crippen LogP contribution in [0, 0.1) is 11.8 Å². The Balaban J connectivity index is 1.17. The molecule has 0 saturated heterocycles. The van der Waals surface area contributed by atoms with Crippen molar-refractivity contribution < 1.29 is 4.74 Å². The molecule has 5 aliphatic rings. The molecule has 4 aromatic carbocycles. The number of para-hydroxylation sites is 2. The zero-order valence-corrected chi connectivity index (χ0v) is 27.8. The Labute approximate surface area is 279 Å². The van der Waals surface area contributed by atoms with Crippen molar-refractivity contribution in [2.24, 2.45) is 11.8 Å². The van der Waals surface area contributed by atoms with Gasteiger partial charge in [0.25, 0.3) is 6.71 Å². The quantitative estimate of drug-likeness (QED) is 0.185. The first kappa shape index (κ1) is 27.9. The van der Waals surface area contributed by atoms with E-state index in [-0.39, 0.29) is 12.1 Å². The van der Waals surface area contributed by atoms with Crippen LogP contribution in [0.1, 0.15) is 82.0 Å². The molecule has 2 fully saturated rings. The summed E-state index contributed by atoms with van der Waals surface area (Å²) in [5.41, 5.74) is 13.9. The summed E-state index contributed by atoms with van der Waals surface area (Å²) in [4.78, 5) is 2.63. The third kappa shape index (κ3) is 3.88. The van der Waals surface area contributed by atoms with Gasteiger partial charge < -0.3 is 14.2 Å². The highest BCUT2D eigenvalue weighted by molar-refractivity contribution is 6.99. The average molecular weight is 615 g/mol. The number of anilines is 2. The molecule has 3 nitrogen and oxygen atoms in total. The molecule has 0 amide bonds. The van der Waals surface area contributed by atoms with Crippen LogP contribution in [0.4, 0.5) is 11.4 Å². The fourth-order valence-electron chi connectivity index (χ4n) is 10.8. The van der Waals surface area contributed by atoms with E-state index < -0.39 is 0 Å². The number of nitrogens with zero attached hydrogens (tertiary/aromatic N) is 2. The molecule has 3 aliphatic carbocycles. The van der Waals surface area contributed by atoms with Crippen LogP contribution in [0.15, 0.2) is 84.9 Å². The predicted octanol–water partition coefficient (Wildman–Crippen LogP) is 8.93. The SMILES string of the molecule is CCN1c2cccc3c2B(c2ccc(-n4c5c(c6ccccc64)C=CCC5)cc2O3)c2cccc(C3(C)CCCC4CCCCC43)c21. The Hall–Kier alpha value is -4.18. The van der Waals surface area contributed by atoms with E-state index in [1.54, 1.807) is 5.56 Å². The molecule has 2 aliphatic heterocycles. The molecule has 47 heavy (non-hydrogen) atoms. The van der Waals surface area contributed by atoms with Crippen LogP contribution in [-0.4, -0.2) is 17.8 Å². The number of allylic oxidation sites excluding steroid dienone is 1. The van der Waals surface area contributed by atoms with E-state index >= 15 is 0 Å². The van der Waals surface area contributed by atoms with Crippen molar-refractivity contribution >= 4 is 51.5 Å². The largest absolute Gasteiger partial charge is 0.458 e. The third-order valence-electron chi connectivity index (χ3n) is 12.8. The lowest BCUT2D eigenvalue weighted by molar-refractivity contribution is 0.0838. The molecule has 2 saturated carbocycles. The number of rotatable bonds is 3. The van der Waals surface area contributed by atoms with Crippen LogP contribution in [0.5, 0.6) is 11.5 Å². The van der Waals surface area contributed by atoms with Crippen molar-refractivity contribution in [3.63, 3.8) is 0 Å². The maximum absolute atomic E-state index is 6.91. The lowest BCUT2D eigenvalue weighted by Gasteiger charge is -2.51. The van der Waals surface area contributed by atoms with Crippen LogP contribution in [0.3, 0.4) is 0 Å². The minimum absolute atomic E-state index is 0.157. The van der Waals surface area contributed by atoms with Gasteiger partial charge in [0.05, 0.1) is 5.52 Å². The van der Waals surface area contributed by atoms with Gasteiger partial charge in [-0.05, 0) is 96.1 Å². The van der Waals surface area contributed by atoms with Crippen LogP contribution in [0.25, 0.3) is 22.7 Å². The van der Waals surface area contributed by atoms with Crippen molar-refractivity contribution in [2.75, 3.05) is 11.4 Å². The predicted molar refractivity (Wildman–Crippen MR) is 198 cm³/mol. The minimum Gasteiger partial charge on any atom is -0.458 e. The van der Waals surface area contributed by atoms with Gasteiger partial charge in [0.15, 0.2) is 0 Å². The van der Waals surface area contributed by atoms with E-state index in [0.717, 1.165) is 42.7 Å². The van der Waals surface area contributed by atoms with Gasteiger partial charge in [-0.15, -0.1) is 0 Å². The molecule has 0 bridgehead atoms. The van der Waals surface area contributed by atoms with Crippen LogP contribution >= 0.6 is 0 Å². The smallest absolute Gasteiger partial charge is 0.256 e. The summed E-state index contributed by atoms with van der Waals surface area (Å²) >= 11 is 0. The zero-order chi connectivity index (χ0) is 31.3. The summed E-state index contributed by atoms with van der Waals surface area (Å²) in [6.45, 7) is 6.06. The highest BCUT2D eigenvalue weighted by Gasteiger charge is 2.48. The zero-order valence-electron chi connectivity index (χ0n) is 27.8. The minimum atomic E-state index is 0.157. The number of benzene rings is 4. The third-order valence-corrected chi connectivity index (χ3v) is 12.8. The molecule has 4 heteroatoms. The summed E-state index contributed by atoms with van der Waals surface area (Å²) in [5, 5.41) is 1.33. The Morgan fingerprint density at radius 2 is 1.74 bits per heavy atom. The van der Waals surface area contributed by atoms with E-state index in [2.05, 4.69) is 114 Å². The second-order valence-electron chi connectivity index (χ2n) is 15.0. The number of ether oxygens (including phenoxy) is 1. The van der Waals surface area contributed by atoms with E-state index in [9.17, 15) is 0 Å². The number of hydrogen-bond acceptors (Lipinski definition) is 2. The topological polar surface area (TPSA) is 17.4 Å². The Morgan fingerprint density at radius 1 is 0.872 bits per heavy atom. The second-order valence-corrected chi connectivity index (χ2v) is 15.0. The molecule has 3 heterocycles. The molecule has 0 N–H and O–H groups in total. The van der Waals surface area contributed by atoms with Gasteiger partial charge in [0.2, 0.25) is 0 Å². The molecular weight excluding hydrogens is 571 g/mol. The summed E-state index contributed by atoms with van der Waals surface area (Å²) < 4.78 is 9.40. The van der Waals surface area contributed by atoms with Crippen molar-refractivity contribution in [1.82, 2.24) is 4.57 Å². The average Bonchev–Trinajstić information content (AvgIpc) is 3.46. The van der Waals surface area contributed by atoms with Gasteiger partial charge >= 0.3 is 0 Å². The standard InChI is InChI=1S/C43H43BN2O/c1-3-45-38-22-11-23-39-41(38)44(35-19-10-18-33(42(35)45)43(2)26-12-14-28-13-4-7-17-32(28)43)34-25-24-29(27-40(34)47-39)46-36-20-8-5-15-30(36)31-16-6-9-21-37(31)46/h5-6,8,10-11,15-16,18-20,22-25,27-28,32H,3-4,7,9,12-14,17,21,26H2,1-2H3. The van der Waals surface area contributed by atoms with Gasteiger partial charge in [0.1, 0.15) is 11.5 Å². The van der Waals surface area contributed by atoms with Crippen molar-refractivity contribution in [3.05, 3.63) is 102 Å². The van der Waals surface area contributed by atoms with Crippen LogP contribution < -0.4 is 26.0 Å². The molecular formula is C43H43BN2O. The highest BCUT2D eigenvalue weighted by Crippen LogP contribution is 2.54. The maximum Gasteiger partial charge on any atom is 0.256 e. The first-order valence-corrected chi connectivity index (χ1v) is 18.3. The van der Waals surface area contributed by atoms with E-state index in [0.29, 0.717) is 0 Å². The van der Waals surface area contributed by atoms with Crippen molar-refractivity contribution in [2.45, 2.75) is 77.0 Å². The summed E-state index contributed by atoms with van der Waals surface area (Å²) in [5.74, 6) is 3.66. The Morgan fingerprint density at radius 3 is 2.68 bits per heavy atom. The molecule has 10 rings (SSSR count). The highest BCUT2D eigenvalue weighted by atomic mass is 16.5. The lowest BCUT2D eigenvalue weighted by Crippen LogP contribution is -2.60. The van der Waals surface area contributed by atoms with Gasteiger partial charge in [-0.25, -0.2) is 0 Å². The van der Waals surface area contributed by atoms with Crippen molar-refractivity contribution in [1.29, 1.82) is 0 Å².